The smallest absolute Gasteiger partial charge is 0.265 e. The highest BCUT2D eigenvalue weighted by Gasteiger charge is 2.18. The van der Waals surface area contributed by atoms with Crippen LogP contribution in [-0.4, -0.2) is 12.0 Å². The Kier molecular flexibility index (Phi) is 5.02. The summed E-state index contributed by atoms with van der Waals surface area (Å²) in [5, 5.41) is 3.41. The second-order valence-electron chi connectivity index (χ2n) is 4.33. The number of hydrogen-bond donors (Lipinski definition) is 1. The molecule has 20 heavy (non-hydrogen) atoms. The third-order valence-corrected chi connectivity index (χ3v) is 3.01. The van der Waals surface area contributed by atoms with E-state index >= 15 is 0 Å². The van der Waals surface area contributed by atoms with Crippen LogP contribution >= 0.6 is 11.6 Å². The van der Waals surface area contributed by atoms with Crippen molar-refractivity contribution < 1.29 is 9.53 Å². The molecule has 1 atom stereocenters. The van der Waals surface area contributed by atoms with E-state index < -0.39 is 6.10 Å². The van der Waals surface area contributed by atoms with E-state index in [0.717, 1.165) is 5.69 Å². The summed E-state index contributed by atoms with van der Waals surface area (Å²) in [4.78, 5) is 12.2. The molecule has 1 N–H and O–H groups in total. The maximum absolute atomic E-state index is 12.2. The van der Waals surface area contributed by atoms with Crippen LogP contribution in [0.25, 0.3) is 0 Å². The maximum atomic E-state index is 12.2. The molecular formula is C16H16ClNO2. The zero-order chi connectivity index (χ0) is 14.4. The minimum atomic E-state index is -0.548. The number of nitrogens with one attached hydrogen (secondary N) is 1. The molecule has 1 amide bonds. The second kappa shape index (κ2) is 6.96. The van der Waals surface area contributed by atoms with Gasteiger partial charge >= 0.3 is 0 Å². The molecule has 0 radical (unpaired) electrons. The number of para-hydroxylation sites is 1. The van der Waals surface area contributed by atoms with E-state index in [-0.39, 0.29) is 5.91 Å². The van der Waals surface area contributed by atoms with Gasteiger partial charge in [-0.15, -0.1) is 0 Å². The lowest BCUT2D eigenvalue weighted by atomic mass is 10.2. The van der Waals surface area contributed by atoms with Crippen molar-refractivity contribution in [2.24, 2.45) is 0 Å². The highest BCUT2D eigenvalue weighted by Crippen LogP contribution is 2.19. The first-order valence-corrected chi connectivity index (χ1v) is 6.85. The summed E-state index contributed by atoms with van der Waals surface area (Å²) in [5.74, 6) is 0.422. The van der Waals surface area contributed by atoms with Crippen LogP contribution in [0.3, 0.4) is 0 Å². The van der Waals surface area contributed by atoms with Gasteiger partial charge in [0.1, 0.15) is 5.75 Å². The van der Waals surface area contributed by atoms with Crippen LogP contribution < -0.4 is 10.1 Å². The van der Waals surface area contributed by atoms with Crippen molar-refractivity contribution in [3.8, 4) is 5.75 Å². The fraction of sp³-hybridized carbons (Fsp3) is 0.188. The number of rotatable bonds is 5. The van der Waals surface area contributed by atoms with Crippen LogP contribution in [0.15, 0.2) is 54.6 Å². The number of ether oxygens (including phenoxy) is 1. The Morgan fingerprint density at radius 1 is 1.20 bits per heavy atom. The van der Waals surface area contributed by atoms with Gasteiger partial charge in [0.15, 0.2) is 6.10 Å². The third-order valence-electron chi connectivity index (χ3n) is 2.78. The first-order chi connectivity index (χ1) is 9.69. The van der Waals surface area contributed by atoms with Crippen molar-refractivity contribution in [3.05, 3.63) is 59.6 Å². The molecule has 3 nitrogen and oxygen atoms in total. The topological polar surface area (TPSA) is 38.3 Å². The standard InChI is InChI=1S/C16H16ClNO2/c1-2-15(20-14-10-6-7-12(17)11-14)16(19)18-13-8-4-3-5-9-13/h3-11,15H,2H2,1H3,(H,18,19). The van der Waals surface area contributed by atoms with E-state index in [9.17, 15) is 4.79 Å². The molecule has 2 aromatic rings. The Labute approximate surface area is 123 Å². The van der Waals surface area contributed by atoms with E-state index in [2.05, 4.69) is 5.32 Å². The molecule has 0 saturated heterocycles. The van der Waals surface area contributed by atoms with Gasteiger partial charge in [-0.05, 0) is 36.8 Å². The van der Waals surface area contributed by atoms with Crippen LogP contribution in [0.5, 0.6) is 5.75 Å². The molecule has 0 saturated carbocycles. The number of amides is 1. The Morgan fingerprint density at radius 3 is 2.60 bits per heavy atom. The highest BCUT2D eigenvalue weighted by molar-refractivity contribution is 6.30. The number of hydrogen-bond acceptors (Lipinski definition) is 2. The molecule has 0 aliphatic heterocycles. The summed E-state index contributed by atoms with van der Waals surface area (Å²) < 4.78 is 5.68. The molecule has 1 unspecified atom stereocenters. The average Bonchev–Trinajstić information content (AvgIpc) is 2.46. The van der Waals surface area contributed by atoms with Crippen molar-refractivity contribution in [2.75, 3.05) is 5.32 Å². The van der Waals surface area contributed by atoms with E-state index in [0.29, 0.717) is 17.2 Å². The van der Waals surface area contributed by atoms with Crippen molar-refractivity contribution in [1.29, 1.82) is 0 Å². The predicted octanol–water partition coefficient (Wildman–Crippen LogP) is 4.14. The van der Waals surface area contributed by atoms with Crippen molar-refractivity contribution in [2.45, 2.75) is 19.4 Å². The molecule has 0 spiro atoms. The number of carbonyl (C=O) groups excluding carboxylic acids is 1. The molecule has 4 heteroatoms. The largest absolute Gasteiger partial charge is 0.481 e. The van der Waals surface area contributed by atoms with E-state index in [4.69, 9.17) is 16.3 Å². The molecular weight excluding hydrogens is 274 g/mol. The number of carbonyl (C=O) groups is 1. The first-order valence-electron chi connectivity index (χ1n) is 6.47. The van der Waals surface area contributed by atoms with Gasteiger partial charge in [0.2, 0.25) is 0 Å². The maximum Gasteiger partial charge on any atom is 0.265 e. The first kappa shape index (κ1) is 14.4. The van der Waals surface area contributed by atoms with Gasteiger partial charge < -0.3 is 10.1 Å². The molecule has 0 aliphatic carbocycles. The molecule has 0 bridgehead atoms. The molecule has 2 aromatic carbocycles. The van der Waals surface area contributed by atoms with Crippen LogP contribution in [0.1, 0.15) is 13.3 Å². The van der Waals surface area contributed by atoms with Gasteiger partial charge in [-0.2, -0.15) is 0 Å². The Hall–Kier alpha value is -2.00. The Balaban J connectivity index is 2.02. The molecule has 2 rings (SSSR count). The Bertz CT molecular complexity index is 572. The molecule has 0 fully saturated rings. The highest BCUT2D eigenvalue weighted by atomic mass is 35.5. The lowest BCUT2D eigenvalue weighted by Crippen LogP contribution is -2.32. The van der Waals surface area contributed by atoms with Crippen LogP contribution in [0.4, 0.5) is 5.69 Å². The van der Waals surface area contributed by atoms with Gasteiger partial charge in [0, 0.05) is 10.7 Å². The summed E-state index contributed by atoms with van der Waals surface area (Å²) in [6.45, 7) is 1.90. The molecule has 0 aliphatic rings. The summed E-state index contributed by atoms with van der Waals surface area (Å²) in [5.41, 5.74) is 0.755. The van der Waals surface area contributed by atoms with E-state index in [1.54, 1.807) is 24.3 Å². The monoisotopic (exact) mass is 289 g/mol. The van der Waals surface area contributed by atoms with Gasteiger partial charge in [0.25, 0.3) is 5.91 Å². The number of anilines is 1. The molecule has 104 valence electrons. The van der Waals surface area contributed by atoms with E-state index in [1.165, 1.54) is 0 Å². The summed E-state index contributed by atoms with van der Waals surface area (Å²) in [6.07, 6.45) is 0.0271. The van der Waals surface area contributed by atoms with Gasteiger partial charge in [0.05, 0.1) is 0 Å². The lowest BCUT2D eigenvalue weighted by Gasteiger charge is -2.17. The number of halogens is 1. The van der Waals surface area contributed by atoms with Crippen molar-refractivity contribution >= 4 is 23.2 Å². The average molecular weight is 290 g/mol. The normalized spacial score (nSPS) is 11.7. The predicted molar refractivity (Wildman–Crippen MR) is 81.2 cm³/mol. The van der Waals surface area contributed by atoms with Crippen molar-refractivity contribution in [3.63, 3.8) is 0 Å². The lowest BCUT2D eigenvalue weighted by molar-refractivity contribution is -0.122. The van der Waals surface area contributed by atoms with Crippen LogP contribution in [0, 0.1) is 0 Å². The fourth-order valence-electron chi connectivity index (χ4n) is 1.77. The zero-order valence-electron chi connectivity index (χ0n) is 11.2. The van der Waals surface area contributed by atoms with E-state index in [1.807, 2.05) is 37.3 Å². The van der Waals surface area contributed by atoms with Gasteiger partial charge in [-0.25, -0.2) is 0 Å². The minimum absolute atomic E-state index is 0.168. The van der Waals surface area contributed by atoms with Gasteiger partial charge in [-0.1, -0.05) is 42.8 Å². The summed E-state index contributed by atoms with van der Waals surface area (Å²) >= 11 is 5.90. The fourth-order valence-corrected chi connectivity index (χ4v) is 1.95. The van der Waals surface area contributed by atoms with Gasteiger partial charge in [-0.3, -0.25) is 4.79 Å². The Morgan fingerprint density at radius 2 is 1.95 bits per heavy atom. The zero-order valence-corrected chi connectivity index (χ0v) is 11.9. The van der Waals surface area contributed by atoms with Crippen molar-refractivity contribution in [1.82, 2.24) is 0 Å². The van der Waals surface area contributed by atoms with Crippen LogP contribution in [0.2, 0.25) is 5.02 Å². The summed E-state index contributed by atoms with van der Waals surface area (Å²) in [6, 6.07) is 16.3. The number of benzene rings is 2. The second-order valence-corrected chi connectivity index (χ2v) is 4.76. The molecule has 0 aromatic heterocycles. The summed E-state index contributed by atoms with van der Waals surface area (Å²) in [7, 11) is 0. The molecule has 0 heterocycles. The SMILES string of the molecule is CCC(Oc1cccc(Cl)c1)C(=O)Nc1ccccc1. The third kappa shape index (κ3) is 4.00. The minimum Gasteiger partial charge on any atom is -0.481 e. The quantitative estimate of drug-likeness (QED) is 0.898. The van der Waals surface area contributed by atoms with Crippen LogP contribution in [-0.2, 0) is 4.79 Å².